The number of imide groups is 2. The molecule has 0 saturated carbocycles. The second-order valence-corrected chi connectivity index (χ2v) is 9.70. The number of amides is 4. The third-order valence-electron chi connectivity index (χ3n) is 6.99. The number of hydrogen-bond donors (Lipinski definition) is 0. The van der Waals surface area contributed by atoms with E-state index >= 15 is 0 Å². The molecule has 4 amide bonds. The minimum absolute atomic E-state index is 0.0733. The largest absolute Gasteiger partial charge is 0.343 e. The van der Waals surface area contributed by atoms with Gasteiger partial charge in [-0.1, -0.05) is 54.1 Å². The second-order valence-electron chi connectivity index (χ2n) is 9.70. The Balaban J connectivity index is 1.68. The Bertz CT molecular complexity index is 1590. The van der Waals surface area contributed by atoms with Crippen molar-refractivity contribution in [3.63, 3.8) is 0 Å². The van der Waals surface area contributed by atoms with Gasteiger partial charge in [-0.05, 0) is 87.7 Å². The summed E-state index contributed by atoms with van der Waals surface area (Å²) in [5, 5.41) is 0. The van der Waals surface area contributed by atoms with E-state index in [0.29, 0.717) is 11.4 Å². The van der Waals surface area contributed by atoms with Crippen LogP contribution in [0.5, 0.6) is 0 Å². The molecule has 190 valence electrons. The topological polar surface area (TPSA) is 62.6 Å². The van der Waals surface area contributed by atoms with Gasteiger partial charge in [0.1, 0.15) is 5.57 Å². The molecule has 0 unspecified atom stereocenters. The molecular weight excluding hydrogens is 474 g/mol. The van der Waals surface area contributed by atoms with E-state index in [1.54, 1.807) is 42.5 Å². The predicted octanol–water partition coefficient (Wildman–Crippen LogP) is 6.60. The molecule has 38 heavy (non-hydrogen) atoms. The first kappa shape index (κ1) is 25.0. The number of para-hydroxylation sites is 2. The van der Waals surface area contributed by atoms with Crippen molar-refractivity contribution in [1.82, 2.24) is 4.57 Å². The number of carbonyl (C=O) groups excluding carboxylic acids is 3. The first-order valence-electron chi connectivity index (χ1n) is 12.5. The Hall–Kier alpha value is -4.71. The Morgan fingerprint density at radius 2 is 1.18 bits per heavy atom. The minimum Gasteiger partial charge on any atom is -0.317 e. The minimum atomic E-state index is -0.701. The number of carbonyl (C=O) groups is 3. The van der Waals surface area contributed by atoms with Crippen LogP contribution in [0.25, 0.3) is 11.8 Å². The number of barbiturate groups is 1. The lowest BCUT2D eigenvalue weighted by molar-refractivity contribution is -0.121. The van der Waals surface area contributed by atoms with E-state index in [0.717, 1.165) is 49.1 Å². The van der Waals surface area contributed by atoms with Crippen LogP contribution in [-0.2, 0) is 9.59 Å². The van der Waals surface area contributed by atoms with Crippen molar-refractivity contribution in [2.24, 2.45) is 0 Å². The highest BCUT2D eigenvalue weighted by Crippen LogP contribution is 2.32. The molecule has 0 atom stereocenters. The third-order valence-corrected chi connectivity index (χ3v) is 6.99. The monoisotopic (exact) mass is 503 g/mol. The summed E-state index contributed by atoms with van der Waals surface area (Å²) in [5.41, 5.74) is 7.69. The Kier molecular flexibility index (Phi) is 6.33. The zero-order valence-corrected chi connectivity index (χ0v) is 22.1. The van der Waals surface area contributed by atoms with E-state index in [2.05, 4.69) is 30.5 Å². The molecule has 6 nitrogen and oxygen atoms in total. The number of aromatic nitrogens is 1. The zero-order valence-electron chi connectivity index (χ0n) is 22.1. The van der Waals surface area contributed by atoms with Gasteiger partial charge in [0.05, 0.1) is 17.1 Å². The molecule has 5 rings (SSSR count). The van der Waals surface area contributed by atoms with Gasteiger partial charge in [0, 0.05) is 11.4 Å². The summed E-state index contributed by atoms with van der Waals surface area (Å²) < 4.78 is 2.15. The highest BCUT2D eigenvalue weighted by molar-refractivity contribution is 6.46. The molecule has 3 aromatic carbocycles. The SMILES string of the molecule is Cc1ccc(N2C(=O)/C(=C/c3cc(C)n(-c4c(C)cccc4C)c3C)C(=O)N(c3ccccc3)C2=O)cc1. The van der Waals surface area contributed by atoms with Crippen LogP contribution >= 0.6 is 0 Å². The molecule has 1 aliphatic rings. The quantitative estimate of drug-likeness (QED) is 0.233. The fraction of sp³-hybridized carbons (Fsp3) is 0.156. The molecular formula is C32H29N3O3. The lowest BCUT2D eigenvalue weighted by Crippen LogP contribution is -2.57. The predicted molar refractivity (Wildman–Crippen MR) is 151 cm³/mol. The fourth-order valence-corrected chi connectivity index (χ4v) is 5.05. The smallest absolute Gasteiger partial charge is 0.317 e. The standard InChI is InChI=1S/C32H29N3O3/c1-20-14-16-27(17-15-20)35-31(37)28(30(36)34(32(35)38)26-12-7-6-8-13-26)19-25-18-23(4)33(24(25)5)29-21(2)10-9-11-22(29)3/h6-19H,1-5H3/b28-19+. The van der Waals surface area contributed by atoms with Gasteiger partial charge in [-0.25, -0.2) is 14.6 Å². The second kappa shape index (κ2) is 9.63. The van der Waals surface area contributed by atoms with E-state index in [9.17, 15) is 14.4 Å². The van der Waals surface area contributed by atoms with Crippen molar-refractivity contribution >= 4 is 35.3 Å². The summed E-state index contributed by atoms with van der Waals surface area (Å²) in [4.78, 5) is 43.3. The number of urea groups is 1. The average Bonchev–Trinajstić information content (AvgIpc) is 3.16. The number of rotatable bonds is 4. The lowest BCUT2D eigenvalue weighted by Gasteiger charge is -2.34. The molecule has 0 spiro atoms. The first-order chi connectivity index (χ1) is 18.2. The van der Waals surface area contributed by atoms with Gasteiger partial charge in [0.25, 0.3) is 11.8 Å². The maximum Gasteiger partial charge on any atom is 0.343 e. The van der Waals surface area contributed by atoms with Crippen LogP contribution in [0.2, 0.25) is 0 Å². The first-order valence-corrected chi connectivity index (χ1v) is 12.5. The van der Waals surface area contributed by atoms with Crippen LogP contribution in [0.3, 0.4) is 0 Å². The molecule has 0 radical (unpaired) electrons. The number of hydrogen-bond acceptors (Lipinski definition) is 3. The number of benzene rings is 3. The van der Waals surface area contributed by atoms with Crippen LogP contribution in [0.15, 0.2) is 84.4 Å². The van der Waals surface area contributed by atoms with Gasteiger partial charge in [0.2, 0.25) is 0 Å². The van der Waals surface area contributed by atoms with Crippen molar-refractivity contribution in [2.75, 3.05) is 9.80 Å². The van der Waals surface area contributed by atoms with Gasteiger partial charge < -0.3 is 4.57 Å². The van der Waals surface area contributed by atoms with E-state index in [1.165, 1.54) is 0 Å². The summed E-state index contributed by atoms with van der Waals surface area (Å²) in [6.07, 6.45) is 1.61. The van der Waals surface area contributed by atoms with Crippen LogP contribution in [0.1, 0.15) is 33.6 Å². The van der Waals surface area contributed by atoms with Crippen LogP contribution in [0.4, 0.5) is 16.2 Å². The molecule has 1 aliphatic heterocycles. The fourth-order valence-electron chi connectivity index (χ4n) is 5.05. The summed E-state index contributed by atoms with van der Waals surface area (Å²) >= 11 is 0. The van der Waals surface area contributed by atoms with Crippen LogP contribution in [0, 0.1) is 34.6 Å². The van der Waals surface area contributed by atoms with Crippen molar-refractivity contribution in [3.05, 3.63) is 118 Å². The molecule has 0 N–H and O–H groups in total. The van der Waals surface area contributed by atoms with Crippen molar-refractivity contribution in [1.29, 1.82) is 0 Å². The summed E-state index contributed by atoms with van der Waals surface area (Å²) in [6.45, 7) is 10.0. The molecule has 1 aromatic heterocycles. The van der Waals surface area contributed by atoms with E-state index in [1.807, 2.05) is 51.1 Å². The number of anilines is 2. The zero-order chi connectivity index (χ0) is 27.1. The van der Waals surface area contributed by atoms with Crippen molar-refractivity contribution < 1.29 is 14.4 Å². The normalized spacial score (nSPS) is 15.1. The molecule has 0 bridgehead atoms. The third kappa shape index (κ3) is 4.14. The Labute approximate surface area is 222 Å². The molecule has 4 aromatic rings. The average molecular weight is 504 g/mol. The van der Waals surface area contributed by atoms with Gasteiger partial charge in [-0.3, -0.25) is 9.59 Å². The molecule has 1 saturated heterocycles. The van der Waals surface area contributed by atoms with Crippen LogP contribution < -0.4 is 9.80 Å². The van der Waals surface area contributed by atoms with Gasteiger partial charge in [-0.15, -0.1) is 0 Å². The van der Waals surface area contributed by atoms with Gasteiger partial charge in [-0.2, -0.15) is 0 Å². The van der Waals surface area contributed by atoms with E-state index < -0.39 is 17.8 Å². The van der Waals surface area contributed by atoms with E-state index in [4.69, 9.17) is 0 Å². The van der Waals surface area contributed by atoms with Gasteiger partial charge in [0.15, 0.2) is 0 Å². The number of nitrogens with zero attached hydrogens (tertiary/aromatic N) is 3. The van der Waals surface area contributed by atoms with Crippen molar-refractivity contribution in [2.45, 2.75) is 34.6 Å². The van der Waals surface area contributed by atoms with Crippen LogP contribution in [-0.4, -0.2) is 22.4 Å². The summed E-state index contributed by atoms with van der Waals surface area (Å²) in [6, 6.07) is 23.2. The molecule has 6 heteroatoms. The highest BCUT2D eigenvalue weighted by atomic mass is 16.2. The molecule has 1 fully saturated rings. The molecule has 2 heterocycles. The van der Waals surface area contributed by atoms with Crippen molar-refractivity contribution in [3.8, 4) is 5.69 Å². The van der Waals surface area contributed by atoms with E-state index in [-0.39, 0.29) is 5.57 Å². The maximum absolute atomic E-state index is 13.8. The summed E-state index contributed by atoms with van der Waals surface area (Å²) in [5.74, 6) is -1.29. The lowest BCUT2D eigenvalue weighted by atomic mass is 10.0. The summed E-state index contributed by atoms with van der Waals surface area (Å²) in [7, 11) is 0. The highest BCUT2D eigenvalue weighted by Gasteiger charge is 2.43. The number of aryl methyl sites for hydroxylation is 4. The maximum atomic E-state index is 13.8. The Morgan fingerprint density at radius 1 is 0.632 bits per heavy atom. The molecule has 0 aliphatic carbocycles. The Morgan fingerprint density at radius 3 is 1.76 bits per heavy atom. The van der Waals surface area contributed by atoms with Gasteiger partial charge >= 0.3 is 6.03 Å².